The second-order valence-corrected chi connectivity index (χ2v) is 8.85. The monoisotopic (exact) mass is 284 g/mol. The molecule has 118 valence electrons. The van der Waals surface area contributed by atoms with Crippen molar-refractivity contribution in [3.05, 3.63) is 0 Å². The minimum absolute atomic E-state index is 0.0778. The Morgan fingerprint density at radius 2 is 1.35 bits per heavy atom. The van der Waals surface area contributed by atoms with Gasteiger partial charge in [0.05, 0.1) is 6.04 Å². The Bertz CT molecular complexity index is 354. The van der Waals surface area contributed by atoms with E-state index in [1.54, 1.807) is 0 Å². The van der Waals surface area contributed by atoms with Crippen LogP contribution in [0.25, 0.3) is 0 Å². The highest BCUT2D eigenvalue weighted by atomic mass is 16.2. The summed E-state index contributed by atoms with van der Waals surface area (Å²) in [6.45, 7) is 17.7. The largest absolute Gasteiger partial charge is 0.334 e. The number of amides is 2. The molecule has 0 aromatic heterocycles. The Labute approximate surface area is 124 Å². The number of ketones is 1. The van der Waals surface area contributed by atoms with E-state index in [1.807, 2.05) is 62.3 Å². The molecule has 0 heterocycles. The second kappa shape index (κ2) is 6.15. The Hall–Kier alpha value is -1.06. The van der Waals surface area contributed by atoms with Crippen LogP contribution in [0.2, 0.25) is 0 Å². The Morgan fingerprint density at radius 1 is 0.900 bits per heavy atom. The van der Waals surface area contributed by atoms with Gasteiger partial charge in [0.15, 0.2) is 5.78 Å². The summed E-state index contributed by atoms with van der Waals surface area (Å²) < 4.78 is 0. The van der Waals surface area contributed by atoms with Gasteiger partial charge < -0.3 is 10.6 Å². The van der Waals surface area contributed by atoms with Gasteiger partial charge >= 0.3 is 6.03 Å². The van der Waals surface area contributed by atoms with Gasteiger partial charge in [-0.25, -0.2) is 4.79 Å². The second-order valence-electron chi connectivity index (χ2n) is 8.85. The molecule has 4 heteroatoms. The topological polar surface area (TPSA) is 58.2 Å². The molecule has 4 nitrogen and oxygen atoms in total. The summed E-state index contributed by atoms with van der Waals surface area (Å²) in [6, 6.07) is -0.774. The number of Topliss-reactive ketones (excluding diaryl/α,β-unsaturated/α-hetero) is 1. The Kier molecular flexibility index (Phi) is 5.82. The SMILES string of the molecule is CC(C)(C)CC(=O)[C@H](NC(=O)NC(C)(C)C)C(C)(C)C. The zero-order valence-corrected chi connectivity index (χ0v) is 14.6. The highest BCUT2D eigenvalue weighted by Gasteiger charge is 2.34. The van der Waals surface area contributed by atoms with Gasteiger partial charge in [-0.05, 0) is 31.6 Å². The average molecular weight is 284 g/mol. The Balaban J connectivity index is 4.93. The van der Waals surface area contributed by atoms with Crippen LogP contribution in [0.5, 0.6) is 0 Å². The molecule has 0 aliphatic carbocycles. The van der Waals surface area contributed by atoms with E-state index < -0.39 is 6.04 Å². The maximum absolute atomic E-state index is 12.5. The zero-order valence-electron chi connectivity index (χ0n) is 14.6. The van der Waals surface area contributed by atoms with Crippen molar-refractivity contribution in [3.63, 3.8) is 0 Å². The van der Waals surface area contributed by atoms with Gasteiger partial charge in [-0.1, -0.05) is 41.5 Å². The maximum Gasteiger partial charge on any atom is 0.315 e. The van der Waals surface area contributed by atoms with Crippen molar-refractivity contribution in [1.82, 2.24) is 10.6 Å². The molecule has 0 aromatic rings. The number of nitrogens with one attached hydrogen (secondary N) is 2. The van der Waals surface area contributed by atoms with Crippen LogP contribution in [0.1, 0.15) is 68.7 Å². The van der Waals surface area contributed by atoms with Crippen molar-refractivity contribution >= 4 is 11.8 Å². The minimum atomic E-state index is -0.482. The summed E-state index contributed by atoms with van der Waals surface area (Å²) in [5, 5.41) is 5.67. The van der Waals surface area contributed by atoms with Gasteiger partial charge in [-0.15, -0.1) is 0 Å². The van der Waals surface area contributed by atoms with E-state index in [0.29, 0.717) is 6.42 Å². The molecular formula is C16H32N2O2. The average Bonchev–Trinajstić information content (AvgIpc) is 2.05. The van der Waals surface area contributed by atoms with E-state index in [4.69, 9.17) is 0 Å². The molecule has 0 aliphatic heterocycles. The zero-order chi connectivity index (χ0) is 16.4. The summed E-state index contributed by atoms with van der Waals surface area (Å²) in [5.74, 6) is 0.0778. The predicted molar refractivity (Wildman–Crippen MR) is 83.7 cm³/mol. The maximum atomic E-state index is 12.5. The molecule has 0 radical (unpaired) electrons. The first-order valence-corrected chi connectivity index (χ1v) is 7.23. The predicted octanol–water partition coefficient (Wildman–Crippen LogP) is 3.50. The van der Waals surface area contributed by atoms with Crippen molar-refractivity contribution in [2.45, 2.75) is 80.3 Å². The third-order valence-corrected chi connectivity index (χ3v) is 2.66. The van der Waals surface area contributed by atoms with Crippen LogP contribution in [0.3, 0.4) is 0 Å². The smallest absolute Gasteiger partial charge is 0.315 e. The molecular weight excluding hydrogens is 252 g/mol. The molecule has 2 N–H and O–H groups in total. The van der Waals surface area contributed by atoms with E-state index >= 15 is 0 Å². The van der Waals surface area contributed by atoms with E-state index in [9.17, 15) is 9.59 Å². The molecule has 0 unspecified atom stereocenters. The minimum Gasteiger partial charge on any atom is -0.334 e. The molecule has 0 aliphatic rings. The van der Waals surface area contributed by atoms with E-state index in [1.165, 1.54) is 0 Å². The van der Waals surface area contributed by atoms with E-state index in [2.05, 4.69) is 10.6 Å². The van der Waals surface area contributed by atoms with Crippen molar-refractivity contribution in [2.75, 3.05) is 0 Å². The van der Waals surface area contributed by atoms with Crippen molar-refractivity contribution < 1.29 is 9.59 Å². The highest BCUT2D eigenvalue weighted by molar-refractivity contribution is 5.89. The lowest BCUT2D eigenvalue weighted by Gasteiger charge is -2.33. The normalized spacial score (nSPS) is 14.7. The fourth-order valence-electron chi connectivity index (χ4n) is 1.91. The van der Waals surface area contributed by atoms with Gasteiger partial charge in [-0.3, -0.25) is 4.79 Å². The van der Waals surface area contributed by atoms with Crippen molar-refractivity contribution in [2.24, 2.45) is 10.8 Å². The van der Waals surface area contributed by atoms with Crippen LogP contribution in [-0.2, 0) is 4.79 Å². The molecule has 20 heavy (non-hydrogen) atoms. The lowest BCUT2D eigenvalue weighted by molar-refractivity contribution is -0.124. The third kappa shape index (κ3) is 8.18. The molecule has 2 amide bonds. The summed E-state index contributed by atoms with van der Waals surface area (Å²) in [5.41, 5.74) is -0.708. The van der Waals surface area contributed by atoms with Crippen molar-refractivity contribution in [1.29, 1.82) is 0 Å². The van der Waals surface area contributed by atoms with E-state index in [-0.39, 0.29) is 28.2 Å². The lowest BCUT2D eigenvalue weighted by Crippen LogP contribution is -2.55. The summed E-state index contributed by atoms with van der Waals surface area (Å²) in [7, 11) is 0. The quantitative estimate of drug-likeness (QED) is 0.833. The van der Waals surface area contributed by atoms with Crippen LogP contribution in [0.15, 0.2) is 0 Å². The van der Waals surface area contributed by atoms with Gasteiger partial charge in [0, 0.05) is 12.0 Å². The first-order valence-electron chi connectivity index (χ1n) is 7.23. The van der Waals surface area contributed by atoms with Gasteiger partial charge in [-0.2, -0.15) is 0 Å². The number of carbonyl (C=O) groups is 2. The molecule has 0 saturated heterocycles. The van der Waals surface area contributed by atoms with Crippen LogP contribution in [0.4, 0.5) is 4.79 Å². The van der Waals surface area contributed by atoms with Crippen molar-refractivity contribution in [3.8, 4) is 0 Å². The fourth-order valence-corrected chi connectivity index (χ4v) is 1.91. The molecule has 0 bridgehead atoms. The first kappa shape index (κ1) is 18.9. The lowest BCUT2D eigenvalue weighted by atomic mass is 9.79. The molecule has 0 rings (SSSR count). The number of carbonyl (C=O) groups excluding carboxylic acids is 2. The van der Waals surface area contributed by atoms with Gasteiger partial charge in [0.2, 0.25) is 0 Å². The first-order chi connectivity index (χ1) is 8.62. The van der Waals surface area contributed by atoms with Crippen LogP contribution >= 0.6 is 0 Å². The summed E-state index contributed by atoms with van der Waals surface area (Å²) in [4.78, 5) is 24.5. The summed E-state index contributed by atoms with van der Waals surface area (Å²) >= 11 is 0. The number of hydrogen-bond donors (Lipinski definition) is 2. The molecule has 1 atom stereocenters. The molecule has 0 spiro atoms. The van der Waals surface area contributed by atoms with Crippen LogP contribution in [0, 0.1) is 10.8 Å². The summed E-state index contributed by atoms with van der Waals surface area (Å²) in [6.07, 6.45) is 0.449. The van der Waals surface area contributed by atoms with Gasteiger partial charge in [0.25, 0.3) is 0 Å². The number of urea groups is 1. The third-order valence-electron chi connectivity index (χ3n) is 2.66. The van der Waals surface area contributed by atoms with Crippen LogP contribution in [-0.4, -0.2) is 23.4 Å². The van der Waals surface area contributed by atoms with E-state index in [0.717, 1.165) is 0 Å². The molecule has 0 saturated carbocycles. The molecule has 0 fully saturated rings. The van der Waals surface area contributed by atoms with Gasteiger partial charge in [0.1, 0.15) is 0 Å². The Morgan fingerprint density at radius 3 is 1.65 bits per heavy atom. The fraction of sp³-hybridized carbons (Fsp3) is 0.875. The standard InChI is InChI=1S/C16H32N2O2/c1-14(2,3)10-11(19)12(15(4,5)6)17-13(20)18-16(7,8)9/h12H,10H2,1-9H3,(H2,17,18,20)/t12-/m0/s1. The number of hydrogen-bond acceptors (Lipinski definition) is 2. The van der Waals surface area contributed by atoms with Crippen LogP contribution < -0.4 is 10.6 Å². The number of rotatable bonds is 3. The molecule has 0 aromatic carbocycles. The highest BCUT2D eigenvalue weighted by Crippen LogP contribution is 2.26.